The molecule has 0 aliphatic carbocycles. The lowest BCUT2D eigenvalue weighted by atomic mass is 10.2. The lowest BCUT2D eigenvalue weighted by molar-refractivity contribution is 0.102. The van der Waals surface area contributed by atoms with Gasteiger partial charge in [-0.3, -0.25) is 4.79 Å². The van der Waals surface area contributed by atoms with Crippen LogP contribution in [0.4, 0.5) is 5.82 Å². The van der Waals surface area contributed by atoms with E-state index in [9.17, 15) is 13.2 Å². The molecule has 8 heteroatoms. The Kier molecular flexibility index (Phi) is 5.43. The van der Waals surface area contributed by atoms with E-state index in [1.165, 1.54) is 16.4 Å². The first-order chi connectivity index (χ1) is 12.4. The predicted octanol–water partition coefficient (Wildman–Crippen LogP) is 2.89. The van der Waals surface area contributed by atoms with Gasteiger partial charge in [-0.05, 0) is 44.4 Å². The summed E-state index contributed by atoms with van der Waals surface area (Å²) in [5.74, 6) is 0.241. The van der Waals surface area contributed by atoms with E-state index in [0.717, 1.165) is 19.3 Å². The van der Waals surface area contributed by atoms with Crippen LogP contribution in [0.2, 0.25) is 0 Å². The van der Waals surface area contributed by atoms with E-state index in [4.69, 9.17) is 0 Å². The molecule has 0 bridgehead atoms. The van der Waals surface area contributed by atoms with Crippen molar-refractivity contribution in [2.45, 2.75) is 44.0 Å². The van der Waals surface area contributed by atoms with Crippen LogP contribution in [0.25, 0.3) is 0 Å². The molecule has 1 aromatic heterocycles. The highest BCUT2D eigenvalue weighted by Crippen LogP contribution is 2.22. The summed E-state index contributed by atoms with van der Waals surface area (Å²) in [7, 11) is -3.55. The predicted molar refractivity (Wildman–Crippen MR) is 99.6 cm³/mol. The van der Waals surface area contributed by atoms with Gasteiger partial charge in [-0.15, -0.1) is 0 Å². The number of carbonyl (C=O) groups excluding carboxylic acids is 1. The van der Waals surface area contributed by atoms with Crippen molar-refractivity contribution >= 4 is 21.7 Å². The van der Waals surface area contributed by atoms with Gasteiger partial charge in [-0.1, -0.05) is 13.0 Å². The van der Waals surface area contributed by atoms with E-state index in [1.807, 2.05) is 13.8 Å². The molecule has 140 valence electrons. The number of amides is 1. The van der Waals surface area contributed by atoms with Gasteiger partial charge >= 0.3 is 0 Å². The van der Waals surface area contributed by atoms with Crippen molar-refractivity contribution in [2.24, 2.45) is 0 Å². The Morgan fingerprint density at radius 1 is 1.27 bits per heavy atom. The van der Waals surface area contributed by atoms with Crippen LogP contribution in [0.3, 0.4) is 0 Å². The molecule has 2 aromatic rings. The van der Waals surface area contributed by atoms with Crippen LogP contribution in [0.1, 0.15) is 49.5 Å². The largest absolute Gasteiger partial charge is 0.307 e. The first kappa shape index (κ1) is 18.6. The van der Waals surface area contributed by atoms with Gasteiger partial charge in [-0.25, -0.2) is 13.1 Å². The molecule has 1 fully saturated rings. The number of nitrogens with zero attached hydrogens (tertiary/aromatic N) is 3. The van der Waals surface area contributed by atoms with Crippen molar-refractivity contribution in [2.75, 3.05) is 18.4 Å². The molecule has 0 unspecified atom stereocenters. The van der Waals surface area contributed by atoms with Gasteiger partial charge in [-0.2, -0.15) is 9.40 Å². The summed E-state index contributed by atoms with van der Waals surface area (Å²) in [5, 5.41) is 7.07. The minimum Gasteiger partial charge on any atom is -0.307 e. The fraction of sp³-hybridized carbons (Fsp3) is 0.444. The number of sulfonamides is 1. The number of anilines is 1. The molecular formula is C18H24N4O3S. The molecular weight excluding hydrogens is 352 g/mol. The average molecular weight is 376 g/mol. The van der Waals surface area contributed by atoms with E-state index in [0.29, 0.717) is 24.5 Å². The van der Waals surface area contributed by atoms with Crippen molar-refractivity contribution in [1.82, 2.24) is 14.1 Å². The Morgan fingerprint density at radius 3 is 2.69 bits per heavy atom. The number of rotatable bonds is 6. The monoisotopic (exact) mass is 376 g/mol. The maximum absolute atomic E-state index is 12.7. The highest BCUT2D eigenvalue weighted by Gasteiger charge is 2.27. The minimum atomic E-state index is -3.55. The standard InChI is InChI=1S/C18H24N4O3S/c1-3-14(2)22-17(9-10-19-22)20-18(23)15-7-6-8-16(13-15)26(24,25)21-11-4-5-12-21/h6-10,13-14H,3-5,11-12H2,1-2H3,(H,20,23)/t14-/m1/s1. The zero-order valence-corrected chi connectivity index (χ0v) is 15.9. The second kappa shape index (κ2) is 7.59. The van der Waals surface area contributed by atoms with Gasteiger partial charge in [0.15, 0.2) is 0 Å². The smallest absolute Gasteiger partial charge is 0.256 e. The van der Waals surface area contributed by atoms with E-state index in [1.54, 1.807) is 29.1 Å². The van der Waals surface area contributed by atoms with Gasteiger partial charge in [0.2, 0.25) is 10.0 Å². The summed E-state index contributed by atoms with van der Waals surface area (Å²) in [5.41, 5.74) is 0.308. The van der Waals surface area contributed by atoms with E-state index in [2.05, 4.69) is 10.4 Å². The van der Waals surface area contributed by atoms with Gasteiger partial charge in [0, 0.05) is 24.7 Å². The lowest BCUT2D eigenvalue weighted by Gasteiger charge is -2.16. The molecule has 7 nitrogen and oxygen atoms in total. The van der Waals surface area contributed by atoms with Gasteiger partial charge in [0.05, 0.1) is 17.1 Å². The molecule has 1 aromatic carbocycles. The van der Waals surface area contributed by atoms with E-state index < -0.39 is 10.0 Å². The average Bonchev–Trinajstić information content (AvgIpc) is 3.33. The summed E-state index contributed by atoms with van der Waals surface area (Å²) in [4.78, 5) is 12.8. The van der Waals surface area contributed by atoms with Crippen LogP contribution in [0.5, 0.6) is 0 Å². The zero-order valence-electron chi connectivity index (χ0n) is 15.1. The van der Waals surface area contributed by atoms with Crippen molar-refractivity contribution in [3.63, 3.8) is 0 Å². The van der Waals surface area contributed by atoms with Crippen LogP contribution >= 0.6 is 0 Å². The molecule has 26 heavy (non-hydrogen) atoms. The van der Waals surface area contributed by atoms with Gasteiger partial charge in [0.1, 0.15) is 5.82 Å². The Hall–Kier alpha value is -2.19. The zero-order chi connectivity index (χ0) is 18.7. The fourth-order valence-electron chi connectivity index (χ4n) is 3.00. The van der Waals surface area contributed by atoms with Gasteiger partial charge in [0.25, 0.3) is 5.91 Å². The van der Waals surface area contributed by atoms with Crippen molar-refractivity contribution in [3.05, 3.63) is 42.1 Å². The molecule has 1 amide bonds. The molecule has 1 aliphatic heterocycles. The highest BCUT2D eigenvalue weighted by atomic mass is 32.2. The third-order valence-electron chi connectivity index (χ3n) is 4.72. The van der Waals surface area contributed by atoms with E-state index >= 15 is 0 Å². The molecule has 1 aliphatic rings. The van der Waals surface area contributed by atoms with Crippen LogP contribution in [-0.4, -0.2) is 41.5 Å². The molecule has 0 spiro atoms. The lowest BCUT2D eigenvalue weighted by Crippen LogP contribution is -2.28. The number of hydrogen-bond acceptors (Lipinski definition) is 4. The van der Waals surface area contributed by atoms with Crippen molar-refractivity contribution in [1.29, 1.82) is 0 Å². The Balaban J connectivity index is 1.82. The third-order valence-corrected chi connectivity index (χ3v) is 6.61. The summed E-state index contributed by atoms with van der Waals surface area (Å²) in [6.07, 6.45) is 4.27. The molecule has 0 radical (unpaired) electrons. The molecule has 1 atom stereocenters. The SMILES string of the molecule is CC[C@@H](C)n1nccc1NC(=O)c1cccc(S(=O)(=O)N2CCCC2)c1. The normalized spacial score (nSPS) is 16.5. The number of aromatic nitrogens is 2. The fourth-order valence-corrected chi connectivity index (χ4v) is 4.56. The molecule has 3 rings (SSSR count). The summed E-state index contributed by atoms with van der Waals surface area (Å²) in [6.45, 7) is 5.14. The first-order valence-electron chi connectivity index (χ1n) is 8.88. The van der Waals surface area contributed by atoms with Gasteiger partial charge < -0.3 is 5.32 Å². The van der Waals surface area contributed by atoms with Crippen molar-refractivity contribution < 1.29 is 13.2 Å². The topological polar surface area (TPSA) is 84.3 Å². The number of nitrogens with one attached hydrogen (secondary N) is 1. The second-order valence-electron chi connectivity index (χ2n) is 6.51. The van der Waals surface area contributed by atoms with E-state index in [-0.39, 0.29) is 16.8 Å². The maximum atomic E-state index is 12.7. The molecule has 1 saturated heterocycles. The van der Waals surface area contributed by atoms with Crippen LogP contribution in [0, 0.1) is 0 Å². The molecule has 2 heterocycles. The maximum Gasteiger partial charge on any atom is 0.256 e. The first-order valence-corrected chi connectivity index (χ1v) is 10.3. The Morgan fingerprint density at radius 2 is 2.00 bits per heavy atom. The Bertz CT molecular complexity index is 885. The van der Waals surface area contributed by atoms with Crippen LogP contribution in [0.15, 0.2) is 41.4 Å². The molecule has 1 N–H and O–H groups in total. The molecule has 0 saturated carbocycles. The number of benzene rings is 1. The highest BCUT2D eigenvalue weighted by molar-refractivity contribution is 7.89. The van der Waals surface area contributed by atoms with Crippen LogP contribution < -0.4 is 5.32 Å². The number of hydrogen-bond donors (Lipinski definition) is 1. The minimum absolute atomic E-state index is 0.155. The summed E-state index contributed by atoms with van der Waals surface area (Å²) >= 11 is 0. The van der Waals surface area contributed by atoms with Crippen molar-refractivity contribution in [3.8, 4) is 0 Å². The Labute approximate surface area is 154 Å². The third kappa shape index (κ3) is 3.66. The van der Waals surface area contributed by atoms with Crippen LogP contribution in [-0.2, 0) is 10.0 Å². The quantitative estimate of drug-likeness (QED) is 0.840. The second-order valence-corrected chi connectivity index (χ2v) is 8.45. The summed E-state index contributed by atoms with van der Waals surface area (Å²) < 4.78 is 28.6. The number of carbonyl (C=O) groups is 1. The summed E-state index contributed by atoms with van der Waals surface area (Å²) in [6, 6.07) is 8.07.